The average molecular weight is 622 g/mol. The Morgan fingerprint density at radius 2 is 1.67 bits per heavy atom. The van der Waals surface area contributed by atoms with Gasteiger partial charge in [-0.25, -0.2) is 4.79 Å². The minimum atomic E-state index is -1.17. The molecule has 4 unspecified atom stereocenters. The Labute approximate surface area is 271 Å². The van der Waals surface area contributed by atoms with Crippen molar-refractivity contribution in [2.75, 3.05) is 0 Å². The molecule has 4 rings (SSSR count). The molecule has 3 aromatic rings. The minimum absolute atomic E-state index is 0.178. The van der Waals surface area contributed by atoms with Gasteiger partial charge in [-0.3, -0.25) is 9.59 Å². The van der Waals surface area contributed by atoms with Gasteiger partial charge in [0.15, 0.2) is 6.10 Å². The number of amides is 2. The van der Waals surface area contributed by atoms with Gasteiger partial charge >= 0.3 is 5.97 Å². The van der Waals surface area contributed by atoms with E-state index in [9.17, 15) is 14.4 Å². The summed E-state index contributed by atoms with van der Waals surface area (Å²) in [6.07, 6.45) is 2.78. The van der Waals surface area contributed by atoms with Crippen molar-refractivity contribution < 1.29 is 23.9 Å². The number of esters is 1. The number of aryl methyl sites for hydroxylation is 1. The van der Waals surface area contributed by atoms with Crippen LogP contribution >= 0.6 is 0 Å². The van der Waals surface area contributed by atoms with Gasteiger partial charge in [-0.15, -0.1) is 0 Å². The van der Waals surface area contributed by atoms with Crippen molar-refractivity contribution in [1.29, 1.82) is 5.26 Å². The molecule has 46 heavy (non-hydrogen) atoms. The van der Waals surface area contributed by atoms with Crippen LogP contribution in [0, 0.1) is 29.6 Å². The quantitative estimate of drug-likeness (QED) is 0.245. The zero-order valence-corrected chi connectivity index (χ0v) is 27.6. The fourth-order valence-electron chi connectivity index (χ4n) is 5.53. The molecule has 4 atom stereocenters. The largest absolute Gasteiger partial charge is 0.432 e. The first-order valence-corrected chi connectivity index (χ1v) is 15.5. The summed E-state index contributed by atoms with van der Waals surface area (Å²) in [4.78, 5) is 40.3. The maximum absolute atomic E-state index is 13.9. The van der Waals surface area contributed by atoms with Gasteiger partial charge in [-0.2, -0.15) is 5.26 Å². The second-order valence-electron chi connectivity index (χ2n) is 13.3. The first kappa shape index (κ1) is 34.1. The molecule has 0 spiro atoms. The van der Waals surface area contributed by atoms with Crippen LogP contribution in [0.15, 0.2) is 78.9 Å². The summed E-state index contributed by atoms with van der Waals surface area (Å²) in [5.41, 5.74) is 4.97. The fourth-order valence-corrected chi connectivity index (χ4v) is 5.53. The van der Waals surface area contributed by atoms with Crippen molar-refractivity contribution in [3.8, 4) is 17.2 Å². The molecule has 0 bridgehead atoms. The molecule has 0 aliphatic carbocycles. The van der Waals surface area contributed by atoms with Crippen LogP contribution in [0.2, 0.25) is 0 Å². The Morgan fingerprint density at radius 3 is 2.24 bits per heavy atom. The van der Waals surface area contributed by atoms with Gasteiger partial charge in [-0.1, -0.05) is 93.6 Å². The Morgan fingerprint density at radius 1 is 1.00 bits per heavy atom. The molecule has 3 aromatic carbocycles. The van der Waals surface area contributed by atoms with Gasteiger partial charge in [0, 0.05) is 13.8 Å². The Kier molecular flexibility index (Phi) is 10.5. The molecule has 1 aliphatic rings. The molecule has 1 aliphatic heterocycles. The molecule has 1 fully saturated rings. The number of benzene rings is 3. The predicted octanol–water partition coefficient (Wildman–Crippen LogP) is 6.64. The van der Waals surface area contributed by atoms with Crippen molar-refractivity contribution in [1.82, 2.24) is 10.6 Å². The van der Waals surface area contributed by atoms with Crippen LogP contribution < -0.4 is 10.6 Å². The van der Waals surface area contributed by atoms with Gasteiger partial charge in [0.25, 0.3) is 0 Å². The Balaban J connectivity index is 1.53. The average Bonchev–Trinajstić information content (AvgIpc) is 3.29. The summed E-state index contributed by atoms with van der Waals surface area (Å²) in [5, 5.41) is 15.1. The van der Waals surface area contributed by atoms with E-state index in [1.54, 1.807) is 26.0 Å². The lowest BCUT2D eigenvalue weighted by molar-refractivity contribution is -0.162. The maximum Gasteiger partial charge on any atom is 0.338 e. The highest BCUT2D eigenvalue weighted by Crippen LogP contribution is 2.31. The molecule has 8 heteroatoms. The highest BCUT2D eigenvalue weighted by Gasteiger charge is 2.48. The third-order valence-electron chi connectivity index (χ3n) is 8.04. The van der Waals surface area contributed by atoms with Gasteiger partial charge in [-0.05, 0) is 65.6 Å². The molecule has 0 saturated carbocycles. The molecule has 0 radical (unpaired) electrons. The van der Waals surface area contributed by atoms with Crippen molar-refractivity contribution in [3.05, 3.63) is 101 Å². The van der Waals surface area contributed by atoms with Crippen LogP contribution in [0.4, 0.5) is 0 Å². The second-order valence-corrected chi connectivity index (χ2v) is 13.3. The van der Waals surface area contributed by atoms with E-state index in [1.807, 2.05) is 107 Å². The fraction of sp³-hybridized carbons (Fsp3) is 0.368. The summed E-state index contributed by atoms with van der Waals surface area (Å²) in [6, 6.07) is 24.1. The van der Waals surface area contributed by atoms with Crippen LogP contribution in [-0.2, 0) is 23.9 Å². The number of nitrogens with zero attached hydrogens (tertiary/aromatic N) is 1. The molecular weight excluding hydrogens is 578 g/mol. The van der Waals surface area contributed by atoms with E-state index in [0.29, 0.717) is 5.56 Å². The van der Waals surface area contributed by atoms with Crippen molar-refractivity contribution in [2.45, 2.75) is 78.9 Å². The number of hydrogen-bond acceptors (Lipinski definition) is 6. The minimum Gasteiger partial charge on any atom is -0.432 e. The summed E-state index contributed by atoms with van der Waals surface area (Å²) in [7, 11) is 0. The van der Waals surface area contributed by atoms with Crippen molar-refractivity contribution in [3.63, 3.8) is 0 Å². The van der Waals surface area contributed by atoms with Crippen LogP contribution in [0.25, 0.3) is 17.2 Å². The second kappa shape index (κ2) is 14.1. The molecule has 240 valence electrons. The van der Waals surface area contributed by atoms with E-state index in [2.05, 4.69) is 16.7 Å². The van der Waals surface area contributed by atoms with Crippen LogP contribution in [0.1, 0.15) is 76.3 Å². The van der Waals surface area contributed by atoms with Crippen LogP contribution in [0.3, 0.4) is 0 Å². The summed E-state index contributed by atoms with van der Waals surface area (Å²) < 4.78 is 11.3. The number of carbonyl (C=O) groups is 3. The molecular formula is C38H43N3O5. The molecule has 8 nitrogen and oxygen atoms in total. The first-order chi connectivity index (χ1) is 21.7. The summed E-state index contributed by atoms with van der Waals surface area (Å²) in [6.45, 7) is 12.8. The Hall–Kier alpha value is -4.74. The number of cyclic esters (lactones) is 1. The van der Waals surface area contributed by atoms with E-state index in [4.69, 9.17) is 14.7 Å². The van der Waals surface area contributed by atoms with Crippen LogP contribution in [0.5, 0.6) is 0 Å². The highest BCUT2D eigenvalue weighted by molar-refractivity contribution is 5.92. The molecule has 1 saturated heterocycles. The standard InChI is InChI=1S/C38H43N3O5/c1-24-22-26(18-21-30(24)29-19-16-27(23-39)17-20-29)12-11-15-31(32-36(44)46-38(6,7)45-32)34(42)41-33(37(3,4)5)35(43)40-25(2)28-13-9-8-10-14-28/h8-14,16-22,25,31-33H,15H2,1-7H3,(H,40,43)(H,41,42)/b12-11+. The molecule has 0 aromatic heterocycles. The third-order valence-corrected chi connectivity index (χ3v) is 8.04. The van der Waals surface area contributed by atoms with E-state index >= 15 is 0 Å². The van der Waals surface area contributed by atoms with Gasteiger partial charge in [0.05, 0.1) is 23.6 Å². The lowest BCUT2D eigenvalue weighted by atomic mass is 9.85. The Bertz CT molecular complexity index is 1630. The van der Waals surface area contributed by atoms with Crippen molar-refractivity contribution >= 4 is 23.9 Å². The number of allylic oxidation sites excluding steroid dienone is 1. The molecule has 1 heterocycles. The zero-order chi connectivity index (χ0) is 33.6. The predicted molar refractivity (Wildman–Crippen MR) is 178 cm³/mol. The van der Waals surface area contributed by atoms with Crippen molar-refractivity contribution in [2.24, 2.45) is 11.3 Å². The number of rotatable bonds is 10. The number of nitriles is 1. The number of nitrogens with one attached hydrogen (secondary N) is 2. The van der Waals surface area contributed by atoms with E-state index < -0.39 is 41.1 Å². The van der Waals surface area contributed by atoms with E-state index in [0.717, 1.165) is 27.8 Å². The van der Waals surface area contributed by atoms with Crippen LogP contribution in [-0.4, -0.2) is 35.7 Å². The number of hydrogen-bond donors (Lipinski definition) is 2. The monoisotopic (exact) mass is 621 g/mol. The normalized spacial score (nSPS) is 17.9. The third kappa shape index (κ3) is 8.49. The lowest BCUT2D eigenvalue weighted by Crippen LogP contribution is -2.56. The van der Waals surface area contributed by atoms with E-state index in [-0.39, 0.29) is 18.4 Å². The molecule has 2 N–H and O–H groups in total. The smallest absolute Gasteiger partial charge is 0.338 e. The topological polar surface area (TPSA) is 118 Å². The number of ether oxygens (including phenoxy) is 2. The van der Waals surface area contributed by atoms with Gasteiger partial charge < -0.3 is 20.1 Å². The van der Waals surface area contributed by atoms with Gasteiger partial charge in [0.2, 0.25) is 17.6 Å². The summed E-state index contributed by atoms with van der Waals surface area (Å²) >= 11 is 0. The SMILES string of the molecule is Cc1cc(/C=C/CC(C(=O)NC(C(=O)NC(C)c2ccccc2)C(C)(C)C)C2OC(C)(C)OC2=O)ccc1-c1ccc(C#N)cc1. The summed E-state index contributed by atoms with van der Waals surface area (Å²) in [5.74, 6) is -3.52. The highest BCUT2D eigenvalue weighted by atomic mass is 16.8. The molecule has 2 amide bonds. The maximum atomic E-state index is 13.9. The zero-order valence-electron chi connectivity index (χ0n) is 27.6. The van der Waals surface area contributed by atoms with E-state index in [1.165, 1.54) is 0 Å². The van der Waals surface area contributed by atoms with Gasteiger partial charge in [0.1, 0.15) is 6.04 Å². The number of carbonyl (C=O) groups excluding carboxylic acids is 3. The first-order valence-electron chi connectivity index (χ1n) is 15.5. The lowest BCUT2D eigenvalue weighted by Gasteiger charge is -2.33.